The molecule has 1 aromatic heterocycles. The van der Waals surface area contributed by atoms with Crippen LogP contribution in [-0.2, 0) is 4.74 Å². The van der Waals surface area contributed by atoms with Crippen LogP contribution in [0.25, 0.3) is 5.69 Å². The molecule has 0 bridgehead atoms. The zero-order chi connectivity index (χ0) is 18.5. The van der Waals surface area contributed by atoms with Gasteiger partial charge in [0.25, 0.3) is 5.91 Å². The first kappa shape index (κ1) is 17.3. The molecule has 26 heavy (non-hydrogen) atoms. The Bertz CT molecular complexity index is 888. The summed E-state index contributed by atoms with van der Waals surface area (Å²) >= 11 is 0. The Morgan fingerprint density at radius 3 is 2.27 bits per heavy atom. The molecule has 1 heterocycles. The first-order valence-electron chi connectivity index (χ1n) is 8.02. The van der Waals surface area contributed by atoms with Gasteiger partial charge < -0.3 is 10.1 Å². The van der Waals surface area contributed by atoms with Crippen LogP contribution >= 0.6 is 0 Å². The average molecular weight is 350 g/mol. The summed E-state index contributed by atoms with van der Waals surface area (Å²) in [6.45, 7) is 1.91. The number of aromatic nitrogens is 3. The zero-order valence-electron chi connectivity index (χ0n) is 14.4. The Balaban J connectivity index is 1.66. The van der Waals surface area contributed by atoms with E-state index in [1.807, 2.05) is 31.2 Å². The van der Waals surface area contributed by atoms with Crippen LogP contribution in [0.2, 0.25) is 0 Å². The van der Waals surface area contributed by atoms with E-state index in [1.165, 1.54) is 13.4 Å². The molecule has 0 radical (unpaired) electrons. The molecular weight excluding hydrogens is 332 g/mol. The Labute approximate surface area is 150 Å². The number of esters is 1. The average Bonchev–Trinajstić information content (AvgIpc) is 3.22. The Morgan fingerprint density at radius 2 is 1.69 bits per heavy atom. The van der Waals surface area contributed by atoms with Crippen LogP contribution in [0.3, 0.4) is 0 Å². The number of benzene rings is 2. The van der Waals surface area contributed by atoms with Crippen LogP contribution in [0.15, 0.2) is 61.2 Å². The van der Waals surface area contributed by atoms with Crippen LogP contribution in [0.1, 0.15) is 39.2 Å². The zero-order valence-corrected chi connectivity index (χ0v) is 14.4. The third kappa shape index (κ3) is 3.77. The van der Waals surface area contributed by atoms with Crippen LogP contribution in [0.4, 0.5) is 0 Å². The van der Waals surface area contributed by atoms with Crippen molar-refractivity contribution in [3.63, 3.8) is 0 Å². The van der Waals surface area contributed by atoms with Gasteiger partial charge in [0.05, 0.1) is 24.4 Å². The van der Waals surface area contributed by atoms with Crippen LogP contribution in [0, 0.1) is 0 Å². The van der Waals surface area contributed by atoms with E-state index < -0.39 is 5.97 Å². The number of carbonyl (C=O) groups is 2. The highest BCUT2D eigenvalue weighted by atomic mass is 16.5. The lowest BCUT2D eigenvalue weighted by atomic mass is 10.1. The summed E-state index contributed by atoms with van der Waals surface area (Å²) in [6, 6.07) is 13.9. The molecule has 3 aromatic rings. The topological polar surface area (TPSA) is 86.1 Å². The Kier molecular flexibility index (Phi) is 5.07. The minimum atomic E-state index is -0.433. The van der Waals surface area contributed by atoms with Gasteiger partial charge in [-0.25, -0.2) is 14.5 Å². The summed E-state index contributed by atoms with van der Waals surface area (Å²) in [4.78, 5) is 27.7. The highest BCUT2D eigenvalue weighted by Crippen LogP contribution is 2.16. The van der Waals surface area contributed by atoms with E-state index in [0.717, 1.165) is 11.3 Å². The number of carbonyl (C=O) groups excluding carboxylic acids is 2. The predicted molar refractivity (Wildman–Crippen MR) is 95.0 cm³/mol. The van der Waals surface area contributed by atoms with E-state index in [0.29, 0.717) is 11.1 Å². The third-order valence-corrected chi connectivity index (χ3v) is 3.99. The van der Waals surface area contributed by atoms with E-state index in [-0.39, 0.29) is 11.9 Å². The molecule has 0 aliphatic rings. The number of hydrogen-bond acceptors (Lipinski definition) is 5. The maximum absolute atomic E-state index is 12.4. The molecule has 0 saturated heterocycles. The van der Waals surface area contributed by atoms with Gasteiger partial charge in [0, 0.05) is 5.56 Å². The van der Waals surface area contributed by atoms with Gasteiger partial charge in [-0.05, 0) is 48.9 Å². The van der Waals surface area contributed by atoms with Crippen LogP contribution < -0.4 is 5.32 Å². The fraction of sp³-hybridized carbons (Fsp3) is 0.158. The van der Waals surface area contributed by atoms with Crippen molar-refractivity contribution in [1.82, 2.24) is 20.1 Å². The largest absolute Gasteiger partial charge is 0.465 e. The number of nitrogens with zero attached hydrogens (tertiary/aromatic N) is 3. The van der Waals surface area contributed by atoms with Crippen molar-refractivity contribution in [1.29, 1.82) is 0 Å². The molecule has 2 aromatic carbocycles. The van der Waals surface area contributed by atoms with Gasteiger partial charge in [0.1, 0.15) is 12.7 Å². The Hall–Kier alpha value is -3.48. The number of nitrogens with one attached hydrogen (secondary N) is 1. The SMILES string of the molecule is COC(=O)c1ccc(C(=O)NC(C)c2ccc(-n3cncn3)cc2)cc1. The minimum Gasteiger partial charge on any atom is -0.465 e. The molecule has 1 amide bonds. The van der Waals surface area contributed by atoms with Crippen molar-refractivity contribution < 1.29 is 14.3 Å². The molecule has 1 atom stereocenters. The minimum absolute atomic E-state index is 0.174. The summed E-state index contributed by atoms with van der Waals surface area (Å²) < 4.78 is 6.31. The number of amides is 1. The molecule has 7 nitrogen and oxygen atoms in total. The van der Waals surface area contributed by atoms with Crippen LogP contribution in [0.5, 0.6) is 0 Å². The van der Waals surface area contributed by atoms with Crippen molar-refractivity contribution in [2.24, 2.45) is 0 Å². The van der Waals surface area contributed by atoms with Crippen molar-refractivity contribution in [3.05, 3.63) is 77.9 Å². The quantitative estimate of drug-likeness (QED) is 0.715. The van der Waals surface area contributed by atoms with E-state index in [9.17, 15) is 9.59 Å². The first-order valence-corrected chi connectivity index (χ1v) is 8.02. The molecule has 0 spiro atoms. The van der Waals surface area contributed by atoms with E-state index in [1.54, 1.807) is 35.3 Å². The normalized spacial score (nSPS) is 11.6. The summed E-state index contributed by atoms with van der Waals surface area (Å²) in [7, 11) is 1.32. The molecule has 7 heteroatoms. The second-order valence-corrected chi connectivity index (χ2v) is 5.70. The van der Waals surface area contributed by atoms with Gasteiger partial charge in [-0.3, -0.25) is 4.79 Å². The monoisotopic (exact) mass is 350 g/mol. The maximum Gasteiger partial charge on any atom is 0.337 e. The molecule has 3 rings (SSSR count). The molecule has 1 N–H and O–H groups in total. The lowest BCUT2D eigenvalue weighted by molar-refractivity contribution is 0.0600. The highest BCUT2D eigenvalue weighted by Gasteiger charge is 2.13. The standard InChI is InChI=1S/C19H18N4O3/c1-13(14-7-9-17(10-8-14)23-12-20-11-21-23)22-18(24)15-3-5-16(6-4-15)19(25)26-2/h3-13H,1-2H3,(H,22,24). The third-order valence-electron chi connectivity index (χ3n) is 3.99. The second kappa shape index (κ2) is 7.60. The number of hydrogen-bond donors (Lipinski definition) is 1. The van der Waals surface area contributed by atoms with Crippen molar-refractivity contribution >= 4 is 11.9 Å². The van der Waals surface area contributed by atoms with Crippen molar-refractivity contribution in [3.8, 4) is 5.69 Å². The van der Waals surface area contributed by atoms with Crippen molar-refractivity contribution in [2.45, 2.75) is 13.0 Å². The van der Waals surface area contributed by atoms with Crippen LogP contribution in [-0.4, -0.2) is 33.8 Å². The van der Waals surface area contributed by atoms with Gasteiger partial charge in [-0.1, -0.05) is 12.1 Å². The number of ether oxygens (including phenoxy) is 1. The molecular formula is C19H18N4O3. The molecule has 0 fully saturated rings. The smallest absolute Gasteiger partial charge is 0.337 e. The predicted octanol–water partition coefficient (Wildman–Crippen LogP) is 2.54. The van der Waals surface area contributed by atoms with Gasteiger partial charge in [0.2, 0.25) is 0 Å². The van der Waals surface area contributed by atoms with E-state index in [4.69, 9.17) is 0 Å². The lowest BCUT2D eigenvalue weighted by Gasteiger charge is -2.15. The van der Waals surface area contributed by atoms with E-state index >= 15 is 0 Å². The molecule has 0 aliphatic carbocycles. The summed E-state index contributed by atoms with van der Waals surface area (Å²) in [5.74, 6) is -0.646. The molecule has 132 valence electrons. The molecule has 1 unspecified atom stereocenters. The van der Waals surface area contributed by atoms with Crippen molar-refractivity contribution in [2.75, 3.05) is 7.11 Å². The Morgan fingerprint density at radius 1 is 1.04 bits per heavy atom. The van der Waals surface area contributed by atoms with Gasteiger partial charge in [-0.2, -0.15) is 5.10 Å². The fourth-order valence-electron chi connectivity index (χ4n) is 2.50. The first-order chi connectivity index (χ1) is 12.6. The lowest BCUT2D eigenvalue weighted by Crippen LogP contribution is -2.26. The number of methoxy groups -OCH3 is 1. The summed E-state index contributed by atoms with van der Waals surface area (Å²) in [5, 5.41) is 7.02. The van der Waals surface area contributed by atoms with Gasteiger partial charge >= 0.3 is 5.97 Å². The second-order valence-electron chi connectivity index (χ2n) is 5.70. The molecule has 0 saturated carbocycles. The fourth-order valence-corrected chi connectivity index (χ4v) is 2.50. The highest BCUT2D eigenvalue weighted by molar-refractivity contribution is 5.96. The molecule has 0 aliphatic heterocycles. The number of rotatable bonds is 5. The summed E-state index contributed by atoms with van der Waals surface area (Å²) in [6.07, 6.45) is 3.10. The summed E-state index contributed by atoms with van der Waals surface area (Å²) in [5.41, 5.74) is 2.74. The van der Waals surface area contributed by atoms with Gasteiger partial charge in [0.15, 0.2) is 0 Å². The maximum atomic E-state index is 12.4. The van der Waals surface area contributed by atoms with Gasteiger partial charge in [-0.15, -0.1) is 0 Å². The van der Waals surface area contributed by atoms with E-state index in [2.05, 4.69) is 20.1 Å².